The molecule has 0 unspecified atom stereocenters. The molecule has 0 amide bonds. The summed E-state index contributed by atoms with van der Waals surface area (Å²) in [4.78, 5) is 0. The number of alkyl halides is 3. The van der Waals surface area contributed by atoms with E-state index >= 15 is 0 Å². The Kier molecular flexibility index (Phi) is 3.80. The Morgan fingerprint density at radius 3 is 2.67 bits per heavy atom. The molecule has 0 aromatic heterocycles. The minimum Gasteiger partial charge on any atom is -0.496 e. The van der Waals surface area contributed by atoms with Crippen LogP contribution >= 0.6 is 0 Å². The Labute approximate surface area is 104 Å². The standard InChI is InChI=1S/C13H16F3NO/c1-18-12-7-9(10-3-2-6-17-8-10)4-5-11(12)13(14,15)16/h4-5,7,10,17H,2-3,6,8H2,1H3/t10-/m1/s1. The number of hydrogen-bond acceptors (Lipinski definition) is 2. The van der Waals surface area contributed by atoms with Crippen molar-refractivity contribution in [3.05, 3.63) is 29.3 Å². The second kappa shape index (κ2) is 5.18. The molecule has 1 heterocycles. The highest BCUT2D eigenvalue weighted by Crippen LogP contribution is 2.38. The fraction of sp³-hybridized carbons (Fsp3) is 0.538. The lowest BCUT2D eigenvalue weighted by molar-refractivity contribution is -0.138. The van der Waals surface area contributed by atoms with E-state index in [-0.39, 0.29) is 11.7 Å². The Bertz CT molecular complexity index is 411. The van der Waals surface area contributed by atoms with E-state index in [1.165, 1.54) is 13.2 Å². The van der Waals surface area contributed by atoms with Crippen molar-refractivity contribution in [2.24, 2.45) is 0 Å². The Hall–Kier alpha value is -1.23. The van der Waals surface area contributed by atoms with Crippen molar-refractivity contribution in [2.75, 3.05) is 20.2 Å². The number of rotatable bonds is 2. The second-order valence-electron chi connectivity index (χ2n) is 4.50. The number of ether oxygens (including phenoxy) is 1. The summed E-state index contributed by atoms with van der Waals surface area (Å²) in [5.41, 5.74) is 0.199. The van der Waals surface area contributed by atoms with Crippen LogP contribution in [-0.4, -0.2) is 20.2 Å². The molecule has 100 valence electrons. The monoisotopic (exact) mass is 259 g/mol. The van der Waals surface area contributed by atoms with Crippen molar-refractivity contribution in [2.45, 2.75) is 24.9 Å². The van der Waals surface area contributed by atoms with Gasteiger partial charge >= 0.3 is 6.18 Å². The van der Waals surface area contributed by atoms with Gasteiger partial charge in [-0.3, -0.25) is 0 Å². The normalized spacial score (nSPS) is 20.8. The molecule has 2 nitrogen and oxygen atoms in total. The summed E-state index contributed by atoms with van der Waals surface area (Å²) < 4.78 is 43.0. The third kappa shape index (κ3) is 2.77. The minimum atomic E-state index is -4.37. The number of methoxy groups -OCH3 is 1. The van der Waals surface area contributed by atoms with E-state index in [9.17, 15) is 13.2 Å². The maximum Gasteiger partial charge on any atom is 0.419 e. The molecular formula is C13H16F3NO. The van der Waals surface area contributed by atoms with Gasteiger partial charge in [-0.05, 0) is 43.0 Å². The quantitative estimate of drug-likeness (QED) is 0.880. The van der Waals surface area contributed by atoms with Crippen LogP contribution in [0, 0.1) is 0 Å². The molecule has 0 aliphatic carbocycles. The summed E-state index contributed by atoms with van der Waals surface area (Å²) in [5, 5.41) is 3.25. The van der Waals surface area contributed by atoms with Crippen LogP contribution in [0.3, 0.4) is 0 Å². The zero-order valence-electron chi connectivity index (χ0n) is 10.2. The van der Waals surface area contributed by atoms with Crippen LogP contribution in [0.1, 0.15) is 29.9 Å². The zero-order chi connectivity index (χ0) is 13.2. The molecular weight excluding hydrogens is 243 g/mol. The summed E-state index contributed by atoms with van der Waals surface area (Å²) >= 11 is 0. The molecule has 1 aromatic carbocycles. The summed E-state index contributed by atoms with van der Waals surface area (Å²) in [6, 6.07) is 4.19. The first kappa shape index (κ1) is 13.2. The summed E-state index contributed by atoms with van der Waals surface area (Å²) in [6.07, 6.45) is -2.32. The van der Waals surface area contributed by atoms with Gasteiger partial charge in [-0.1, -0.05) is 6.07 Å². The molecule has 18 heavy (non-hydrogen) atoms. The van der Waals surface area contributed by atoms with Crippen LogP contribution in [-0.2, 0) is 6.18 Å². The Morgan fingerprint density at radius 1 is 1.33 bits per heavy atom. The van der Waals surface area contributed by atoms with E-state index in [1.807, 2.05) is 0 Å². The molecule has 2 rings (SSSR count). The first-order chi connectivity index (χ1) is 8.52. The molecule has 0 saturated carbocycles. The summed E-state index contributed by atoms with van der Waals surface area (Å²) in [7, 11) is 1.27. The van der Waals surface area contributed by atoms with Gasteiger partial charge in [0.2, 0.25) is 0 Å². The smallest absolute Gasteiger partial charge is 0.419 e. The molecule has 0 spiro atoms. The highest BCUT2D eigenvalue weighted by Gasteiger charge is 2.34. The van der Waals surface area contributed by atoms with E-state index in [1.54, 1.807) is 6.07 Å². The largest absolute Gasteiger partial charge is 0.496 e. The van der Waals surface area contributed by atoms with E-state index in [4.69, 9.17) is 4.74 Å². The van der Waals surface area contributed by atoms with Crippen molar-refractivity contribution in [3.8, 4) is 5.75 Å². The lowest BCUT2D eigenvalue weighted by Crippen LogP contribution is -2.28. The Balaban J connectivity index is 2.29. The van der Waals surface area contributed by atoms with Crippen molar-refractivity contribution < 1.29 is 17.9 Å². The van der Waals surface area contributed by atoms with Crippen molar-refractivity contribution in [3.63, 3.8) is 0 Å². The predicted octanol–water partition coefficient (Wildman–Crippen LogP) is 3.18. The van der Waals surface area contributed by atoms with E-state index in [2.05, 4.69) is 5.32 Å². The molecule has 1 aliphatic rings. The second-order valence-corrected chi connectivity index (χ2v) is 4.50. The van der Waals surface area contributed by atoms with Crippen molar-refractivity contribution in [1.29, 1.82) is 0 Å². The van der Waals surface area contributed by atoms with Gasteiger partial charge in [0.15, 0.2) is 0 Å². The number of halogens is 3. The molecule has 1 aromatic rings. The molecule has 0 bridgehead atoms. The van der Waals surface area contributed by atoms with E-state index in [0.29, 0.717) is 0 Å². The third-order valence-corrected chi connectivity index (χ3v) is 3.30. The van der Waals surface area contributed by atoms with E-state index < -0.39 is 11.7 Å². The van der Waals surface area contributed by atoms with Gasteiger partial charge < -0.3 is 10.1 Å². The molecule has 1 N–H and O–H groups in total. The summed E-state index contributed by atoms with van der Waals surface area (Å²) in [6.45, 7) is 1.79. The van der Waals surface area contributed by atoms with Crippen LogP contribution in [0.5, 0.6) is 5.75 Å². The van der Waals surface area contributed by atoms with Gasteiger partial charge in [-0.25, -0.2) is 0 Å². The fourth-order valence-electron chi connectivity index (χ4n) is 2.33. The average molecular weight is 259 g/mol. The maximum absolute atomic E-state index is 12.7. The fourth-order valence-corrected chi connectivity index (χ4v) is 2.33. The van der Waals surface area contributed by atoms with Gasteiger partial charge in [0, 0.05) is 6.54 Å². The first-order valence-electron chi connectivity index (χ1n) is 5.98. The van der Waals surface area contributed by atoms with Gasteiger partial charge in [-0.15, -0.1) is 0 Å². The number of benzene rings is 1. The SMILES string of the molecule is COc1cc([C@@H]2CCCNC2)ccc1C(F)(F)F. The van der Waals surface area contributed by atoms with Crippen LogP contribution in [0.25, 0.3) is 0 Å². The van der Waals surface area contributed by atoms with Crippen molar-refractivity contribution >= 4 is 0 Å². The van der Waals surface area contributed by atoms with Crippen LogP contribution in [0.4, 0.5) is 13.2 Å². The van der Waals surface area contributed by atoms with E-state index in [0.717, 1.165) is 37.6 Å². The lowest BCUT2D eigenvalue weighted by atomic mass is 9.91. The lowest BCUT2D eigenvalue weighted by Gasteiger charge is -2.24. The number of nitrogens with one attached hydrogen (secondary N) is 1. The summed E-state index contributed by atoms with van der Waals surface area (Å²) in [5.74, 6) is 0.181. The molecule has 1 saturated heterocycles. The molecule has 1 atom stereocenters. The van der Waals surface area contributed by atoms with Crippen molar-refractivity contribution in [1.82, 2.24) is 5.32 Å². The Morgan fingerprint density at radius 2 is 2.11 bits per heavy atom. The number of hydrogen-bond donors (Lipinski definition) is 1. The highest BCUT2D eigenvalue weighted by atomic mass is 19.4. The van der Waals surface area contributed by atoms with Crippen LogP contribution in [0.2, 0.25) is 0 Å². The third-order valence-electron chi connectivity index (χ3n) is 3.30. The van der Waals surface area contributed by atoms with Crippen LogP contribution < -0.4 is 10.1 Å². The highest BCUT2D eigenvalue weighted by molar-refractivity contribution is 5.41. The molecule has 0 radical (unpaired) electrons. The van der Waals surface area contributed by atoms with Gasteiger partial charge in [-0.2, -0.15) is 13.2 Å². The van der Waals surface area contributed by atoms with Gasteiger partial charge in [0.1, 0.15) is 5.75 Å². The number of piperidine rings is 1. The van der Waals surface area contributed by atoms with Gasteiger partial charge in [0.25, 0.3) is 0 Å². The first-order valence-corrected chi connectivity index (χ1v) is 5.98. The molecule has 5 heteroatoms. The maximum atomic E-state index is 12.7. The minimum absolute atomic E-state index is 0.0921. The topological polar surface area (TPSA) is 21.3 Å². The van der Waals surface area contributed by atoms with Crippen LogP contribution in [0.15, 0.2) is 18.2 Å². The molecule has 1 aliphatic heterocycles. The zero-order valence-corrected chi connectivity index (χ0v) is 10.2. The average Bonchev–Trinajstić information content (AvgIpc) is 2.38. The van der Waals surface area contributed by atoms with Gasteiger partial charge in [0.05, 0.1) is 12.7 Å². The predicted molar refractivity (Wildman–Crippen MR) is 62.8 cm³/mol. The molecule has 1 fully saturated rings.